The third kappa shape index (κ3) is 3.77. The van der Waals surface area contributed by atoms with Gasteiger partial charge in [-0.2, -0.15) is 0 Å². The molecule has 3 rings (SSSR count). The maximum atomic E-state index is 11.6. The van der Waals surface area contributed by atoms with E-state index in [0.717, 1.165) is 19.4 Å². The number of hydrogen-bond acceptors (Lipinski definition) is 6. The Kier molecular flexibility index (Phi) is 3.80. The van der Waals surface area contributed by atoms with Crippen LogP contribution in [0.2, 0.25) is 0 Å². The minimum absolute atomic E-state index is 0.0697. The lowest BCUT2D eigenvalue weighted by Gasteiger charge is -2.11. The molecule has 0 amide bonds. The van der Waals surface area contributed by atoms with Crippen LogP contribution in [0.5, 0.6) is 11.5 Å². The van der Waals surface area contributed by atoms with Crippen LogP contribution in [-0.2, 0) is 9.59 Å². The quantitative estimate of drug-likeness (QED) is 0.529. The predicted octanol–water partition coefficient (Wildman–Crippen LogP) is 3.09. The molecule has 0 aliphatic heterocycles. The molecule has 2 aromatic carbocycles. The van der Waals surface area contributed by atoms with E-state index in [1.165, 1.54) is 10.9 Å². The highest BCUT2D eigenvalue weighted by atomic mass is 16.5. The van der Waals surface area contributed by atoms with E-state index in [9.17, 15) is 9.59 Å². The van der Waals surface area contributed by atoms with Crippen LogP contribution in [-0.4, -0.2) is 26.9 Å². The number of rotatable bonds is 4. The number of ether oxygens (including phenoxy) is 2. The summed E-state index contributed by atoms with van der Waals surface area (Å²) in [6.07, 6.45) is 1.49. The van der Waals surface area contributed by atoms with E-state index < -0.39 is 30.1 Å². The highest BCUT2D eigenvalue weighted by Crippen LogP contribution is 2.37. The van der Waals surface area contributed by atoms with Crippen molar-refractivity contribution < 1.29 is 23.2 Å². The molecule has 3 aromatic rings. The van der Waals surface area contributed by atoms with Gasteiger partial charge >= 0.3 is 11.9 Å². The van der Waals surface area contributed by atoms with E-state index in [0.29, 0.717) is 5.69 Å². The second-order valence-corrected chi connectivity index (χ2v) is 5.48. The summed E-state index contributed by atoms with van der Waals surface area (Å²) in [5.74, 6) is -2.13. The Labute approximate surface area is 154 Å². The van der Waals surface area contributed by atoms with Crippen LogP contribution in [0.15, 0.2) is 48.6 Å². The molecular formula is C19H17N3O4. The van der Waals surface area contributed by atoms with Gasteiger partial charge in [-0.1, -0.05) is 29.0 Å². The van der Waals surface area contributed by atoms with Crippen LogP contribution in [0, 0.1) is 6.92 Å². The molecule has 0 spiro atoms. The number of nitrogens with zero attached hydrogens (tertiary/aromatic N) is 3. The highest BCUT2D eigenvalue weighted by Gasteiger charge is 2.19. The van der Waals surface area contributed by atoms with Gasteiger partial charge in [-0.15, -0.1) is 5.10 Å². The lowest BCUT2D eigenvalue weighted by Crippen LogP contribution is -2.06. The summed E-state index contributed by atoms with van der Waals surface area (Å²) in [6, 6.07) is 5.89. The summed E-state index contributed by atoms with van der Waals surface area (Å²) in [7, 11) is 0. The van der Waals surface area contributed by atoms with Gasteiger partial charge in [-0.05, 0) is 31.1 Å². The maximum absolute atomic E-state index is 11.6. The summed E-state index contributed by atoms with van der Waals surface area (Å²) in [5, 5.41) is 8.07. The fraction of sp³-hybridized carbons (Fsp3) is 0.158. The second kappa shape index (κ2) is 7.18. The van der Waals surface area contributed by atoms with E-state index in [4.69, 9.17) is 13.6 Å². The summed E-state index contributed by atoms with van der Waals surface area (Å²) >= 11 is 0. The van der Waals surface area contributed by atoms with Gasteiger partial charge < -0.3 is 9.47 Å². The largest absolute Gasteiger partial charge is 0.426 e. The number of carbonyl (C=O) groups is 2. The first kappa shape index (κ1) is 13.8. The van der Waals surface area contributed by atoms with E-state index in [1.54, 1.807) is 0 Å². The van der Waals surface area contributed by atoms with Crippen molar-refractivity contribution in [3.63, 3.8) is 0 Å². The van der Waals surface area contributed by atoms with Crippen molar-refractivity contribution >= 4 is 11.9 Å². The molecule has 7 nitrogen and oxygen atoms in total. The SMILES string of the molecule is [2H]c1c([2H])c(OC(C)=O)c(-c2cn(-c3ccc(C)cc3)nn2)c(OC(C)=O)c1[2H]. The van der Waals surface area contributed by atoms with Crippen molar-refractivity contribution in [2.75, 3.05) is 0 Å². The molecule has 0 fully saturated rings. The zero-order valence-electron chi connectivity index (χ0n) is 17.4. The standard InChI is InChI=1S/C19H17N3O4/c1-12-7-9-15(10-8-12)22-11-16(20-21-22)19-17(25-13(2)23)5-4-6-18(19)26-14(3)24/h4-11H,1-3H3/i4D,5D,6D. The minimum Gasteiger partial charge on any atom is -0.426 e. The topological polar surface area (TPSA) is 83.3 Å². The number of esters is 2. The van der Waals surface area contributed by atoms with E-state index in [1.807, 2.05) is 31.2 Å². The molecule has 1 heterocycles. The molecule has 26 heavy (non-hydrogen) atoms. The van der Waals surface area contributed by atoms with Gasteiger partial charge in [0.1, 0.15) is 17.2 Å². The van der Waals surface area contributed by atoms with Crippen molar-refractivity contribution in [1.29, 1.82) is 0 Å². The van der Waals surface area contributed by atoms with Gasteiger partial charge in [-0.25, -0.2) is 4.68 Å². The Hall–Kier alpha value is -3.48. The molecule has 132 valence electrons. The van der Waals surface area contributed by atoms with Crippen LogP contribution < -0.4 is 9.47 Å². The van der Waals surface area contributed by atoms with Crippen molar-refractivity contribution in [2.45, 2.75) is 20.8 Å². The predicted molar refractivity (Wildman–Crippen MR) is 94.2 cm³/mol. The zero-order chi connectivity index (χ0) is 21.3. The smallest absolute Gasteiger partial charge is 0.308 e. The van der Waals surface area contributed by atoms with Gasteiger partial charge in [0.05, 0.1) is 21.6 Å². The van der Waals surface area contributed by atoms with Crippen LogP contribution in [0.3, 0.4) is 0 Å². The Morgan fingerprint density at radius 2 is 1.62 bits per heavy atom. The fourth-order valence-corrected chi connectivity index (χ4v) is 2.25. The third-order valence-corrected chi connectivity index (χ3v) is 3.35. The van der Waals surface area contributed by atoms with Crippen molar-refractivity contribution in [1.82, 2.24) is 15.0 Å². The lowest BCUT2D eigenvalue weighted by molar-refractivity contribution is -0.132. The van der Waals surface area contributed by atoms with Crippen LogP contribution >= 0.6 is 0 Å². The van der Waals surface area contributed by atoms with E-state index >= 15 is 0 Å². The minimum atomic E-state index is -0.739. The molecule has 0 saturated carbocycles. The fourth-order valence-electron chi connectivity index (χ4n) is 2.25. The molecule has 1 aromatic heterocycles. The van der Waals surface area contributed by atoms with E-state index in [2.05, 4.69) is 10.3 Å². The van der Waals surface area contributed by atoms with Crippen molar-refractivity contribution in [3.05, 3.63) is 54.2 Å². The van der Waals surface area contributed by atoms with Gasteiger partial charge in [-0.3, -0.25) is 9.59 Å². The normalized spacial score (nSPS) is 12.0. The maximum Gasteiger partial charge on any atom is 0.308 e. The highest BCUT2D eigenvalue weighted by molar-refractivity contribution is 5.81. The molecule has 7 heteroatoms. The number of aromatic nitrogens is 3. The summed E-state index contributed by atoms with van der Waals surface area (Å²) in [5.41, 5.74) is 1.80. The third-order valence-electron chi connectivity index (χ3n) is 3.35. The molecule has 0 aliphatic rings. The van der Waals surface area contributed by atoms with Crippen molar-refractivity contribution in [3.8, 4) is 28.4 Å². The Morgan fingerprint density at radius 3 is 2.15 bits per heavy atom. The molecule has 0 bridgehead atoms. The van der Waals surface area contributed by atoms with Crippen LogP contribution in [0.25, 0.3) is 16.9 Å². The average molecular weight is 354 g/mol. The van der Waals surface area contributed by atoms with Gasteiger partial charge in [0.2, 0.25) is 0 Å². The van der Waals surface area contributed by atoms with Gasteiger partial charge in [0, 0.05) is 13.8 Å². The van der Waals surface area contributed by atoms with Gasteiger partial charge in [0.25, 0.3) is 0 Å². The molecule has 0 radical (unpaired) electrons. The first-order valence-electron chi connectivity index (χ1n) is 9.19. The lowest BCUT2D eigenvalue weighted by atomic mass is 10.1. The number of benzene rings is 2. The molecule has 0 saturated heterocycles. The molecule has 0 unspecified atom stereocenters. The second-order valence-electron chi connectivity index (χ2n) is 5.48. The Balaban J connectivity index is 2.25. The van der Waals surface area contributed by atoms with Crippen LogP contribution in [0.4, 0.5) is 0 Å². The summed E-state index contributed by atoms with van der Waals surface area (Å²) in [6.45, 7) is 4.22. The van der Waals surface area contributed by atoms with Gasteiger partial charge in [0.15, 0.2) is 0 Å². The monoisotopic (exact) mass is 354 g/mol. The summed E-state index contributed by atoms with van der Waals surface area (Å²) < 4.78 is 35.9. The first-order chi connectivity index (χ1) is 13.7. The molecule has 0 atom stereocenters. The molecular weight excluding hydrogens is 334 g/mol. The summed E-state index contributed by atoms with van der Waals surface area (Å²) in [4.78, 5) is 23.1. The van der Waals surface area contributed by atoms with E-state index in [-0.39, 0.29) is 22.8 Å². The number of carbonyl (C=O) groups excluding carboxylic acids is 2. The number of aryl methyl sites for hydroxylation is 1. The Bertz CT molecular complexity index is 1070. The molecule has 0 N–H and O–H groups in total. The zero-order valence-corrected chi connectivity index (χ0v) is 14.4. The average Bonchev–Trinajstić information content (AvgIpc) is 3.13. The Morgan fingerprint density at radius 1 is 1.04 bits per heavy atom. The first-order valence-corrected chi connectivity index (χ1v) is 7.69. The number of hydrogen-bond donors (Lipinski definition) is 0. The van der Waals surface area contributed by atoms with Crippen LogP contribution in [0.1, 0.15) is 23.5 Å². The molecule has 0 aliphatic carbocycles. The van der Waals surface area contributed by atoms with Crippen molar-refractivity contribution in [2.24, 2.45) is 0 Å².